The van der Waals surface area contributed by atoms with Gasteiger partial charge in [0, 0.05) is 18.4 Å². The van der Waals surface area contributed by atoms with E-state index in [-0.39, 0.29) is 24.8 Å². The van der Waals surface area contributed by atoms with Crippen LogP contribution in [0.3, 0.4) is 0 Å². The topological polar surface area (TPSA) is 52.6 Å². The molecule has 0 aliphatic heterocycles. The van der Waals surface area contributed by atoms with Crippen LogP contribution in [0.2, 0.25) is 26.2 Å². The molecule has 1 aromatic carbocycles. The molecule has 0 amide bonds. The summed E-state index contributed by atoms with van der Waals surface area (Å²) in [4.78, 5) is 23.3. The van der Waals surface area contributed by atoms with Crippen molar-refractivity contribution in [2.75, 3.05) is 0 Å². The number of rotatable bonds is 10. The summed E-state index contributed by atoms with van der Waals surface area (Å²) in [6.45, 7) is 16.2. The van der Waals surface area contributed by atoms with Crippen LogP contribution in [0.1, 0.15) is 31.2 Å². The van der Waals surface area contributed by atoms with Crippen LogP contribution in [0.15, 0.2) is 37.6 Å². The summed E-state index contributed by atoms with van der Waals surface area (Å²) in [5.41, 5.74) is 0.954. The molecule has 2 radical (unpaired) electrons. The first kappa shape index (κ1) is 22.1. The molecular formula is C20H28O4Si2. The van der Waals surface area contributed by atoms with E-state index in [9.17, 15) is 9.59 Å². The largest absolute Gasteiger partial charge is 0.435 e. The molecule has 140 valence electrons. The summed E-state index contributed by atoms with van der Waals surface area (Å²) in [7, 11) is -1.29. The Labute approximate surface area is 160 Å². The zero-order valence-electron chi connectivity index (χ0n) is 16.2. The Morgan fingerprint density at radius 2 is 1.65 bits per heavy atom. The van der Waals surface area contributed by atoms with Crippen molar-refractivity contribution in [1.82, 2.24) is 0 Å². The lowest BCUT2D eigenvalue weighted by atomic mass is 10.2. The Balaban J connectivity index is 2.66. The Bertz CT molecular complexity index is 666. The van der Waals surface area contributed by atoms with E-state index in [1.807, 2.05) is 0 Å². The Kier molecular flexibility index (Phi) is 9.30. The number of benzene rings is 1. The molecule has 0 bridgehead atoms. The van der Waals surface area contributed by atoms with Crippen LogP contribution in [0, 0.1) is 0 Å². The first-order chi connectivity index (χ1) is 12.3. The van der Waals surface area contributed by atoms with Crippen LogP contribution in [0.25, 0.3) is 5.76 Å². The minimum atomic E-state index is -0.699. The highest BCUT2D eigenvalue weighted by Gasteiger charge is 2.16. The van der Waals surface area contributed by atoms with Gasteiger partial charge in [-0.1, -0.05) is 67.9 Å². The van der Waals surface area contributed by atoms with Gasteiger partial charge in [0.05, 0.1) is 23.9 Å². The molecule has 0 aromatic heterocycles. The van der Waals surface area contributed by atoms with Crippen LogP contribution in [-0.4, -0.2) is 29.5 Å². The van der Waals surface area contributed by atoms with Crippen LogP contribution in [0.4, 0.5) is 0 Å². The van der Waals surface area contributed by atoms with Gasteiger partial charge in [-0.3, -0.25) is 9.59 Å². The molecule has 0 fully saturated rings. The lowest BCUT2D eigenvalue weighted by molar-refractivity contribution is -0.139. The van der Waals surface area contributed by atoms with Crippen molar-refractivity contribution in [2.24, 2.45) is 0 Å². The second-order valence-corrected chi connectivity index (χ2v) is 11.6. The van der Waals surface area contributed by atoms with Gasteiger partial charge in [-0.25, -0.2) is 0 Å². The number of hydrogen-bond acceptors (Lipinski definition) is 4. The van der Waals surface area contributed by atoms with Crippen molar-refractivity contribution in [3.63, 3.8) is 0 Å². The molecule has 0 N–H and O–H groups in total. The van der Waals surface area contributed by atoms with E-state index in [0.717, 1.165) is 11.8 Å². The monoisotopic (exact) mass is 388 g/mol. The third kappa shape index (κ3) is 7.13. The molecule has 0 aliphatic carbocycles. The third-order valence-corrected chi connectivity index (χ3v) is 6.88. The second kappa shape index (κ2) is 10.9. The predicted octanol–water partition coefficient (Wildman–Crippen LogP) is 3.37. The molecule has 1 rings (SSSR count). The summed E-state index contributed by atoms with van der Waals surface area (Å²) >= 11 is 0. The molecule has 0 heterocycles. The normalized spacial score (nSPS) is 10.7. The highest BCUT2D eigenvalue weighted by Crippen LogP contribution is 2.14. The van der Waals surface area contributed by atoms with E-state index in [2.05, 4.69) is 62.3 Å². The lowest BCUT2D eigenvalue weighted by Crippen LogP contribution is -2.32. The molecule has 1 aromatic rings. The molecule has 26 heavy (non-hydrogen) atoms. The number of carbonyl (C=O) groups excluding carboxylic acids is 2. The SMILES string of the molecule is C=COC(=O)CCCCC(=O)OC(=C)c1cc([Si](C)C)ccc1[Si](C)C. The average molecular weight is 389 g/mol. The Hall–Kier alpha value is -1.93. The minimum Gasteiger partial charge on any atom is -0.435 e. The summed E-state index contributed by atoms with van der Waals surface area (Å²) < 4.78 is 10.1. The van der Waals surface area contributed by atoms with Crippen LogP contribution >= 0.6 is 0 Å². The van der Waals surface area contributed by atoms with Gasteiger partial charge < -0.3 is 9.47 Å². The lowest BCUT2D eigenvalue weighted by Gasteiger charge is -2.17. The summed E-state index contributed by atoms with van der Waals surface area (Å²) in [5.74, 6) is -0.230. The molecule has 0 unspecified atom stereocenters. The van der Waals surface area contributed by atoms with Gasteiger partial charge in [0.15, 0.2) is 0 Å². The van der Waals surface area contributed by atoms with Gasteiger partial charge in [0.2, 0.25) is 0 Å². The summed E-state index contributed by atoms with van der Waals surface area (Å²) in [6, 6.07) is 6.46. The molecular weight excluding hydrogens is 360 g/mol. The fraction of sp³-hybridized carbons (Fsp3) is 0.400. The van der Waals surface area contributed by atoms with Gasteiger partial charge >= 0.3 is 11.9 Å². The van der Waals surface area contributed by atoms with Crippen molar-refractivity contribution in [3.8, 4) is 0 Å². The van der Waals surface area contributed by atoms with Crippen molar-refractivity contribution >= 4 is 45.7 Å². The van der Waals surface area contributed by atoms with E-state index in [1.165, 1.54) is 10.4 Å². The Morgan fingerprint density at radius 3 is 2.19 bits per heavy atom. The van der Waals surface area contributed by atoms with Gasteiger partial charge in [-0.2, -0.15) is 0 Å². The molecule has 0 atom stereocenters. The quantitative estimate of drug-likeness (QED) is 0.267. The number of unbranched alkanes of at least 4 members (excludes halogenated alkanes) is 1. The first-order valence-corrected chi connectivity index (χ1v) is 13.7. The number of esters is 2. The smallest absolute Gasteiger partial charge is 0.311 e. The molecule has 4 nitrogen and oxygen atoms in total. The fourth-order valence-corrected chi connectivity index (χ4v) is 4.47. The molecule has 0 saturated heterocycles. The van der Waals surface area contributed by atoms with Gasteiger partial charge in [0.1, 0.15) is 5.76 Å². The zero-order chi connectivity index (χ0) is 19.7. The van der Waals surface area contributed by atoms with Crippen molar-refractivity contribution < 1.29 is 19.1 Å². The fourth-order valence-electron chi connectivity index (χ4n) is 2.46. The molecule has 0 saturated carbocycles. The maximum atomic E-state index is 12.1. The highest BCUT2D eigenvalue weighted by atomic mass is 28.3. The Morgan fingerprint density at radius 1 is 1.04 bits per heavy atom. The van der Waals surface area contributed by atoms with Gasteiger partial charge in [-0.05, 0) is 12.8 Å². The summed E-state index contributed by atoms with van der Waals surface area (Å²) in [6.07, 6.45) is 2.77. The van der Waals surface area contributed by atoms with E-state index < -0.39 is 17.6 Å². The van der Waals surface area contributed by atoms with Crippen molar-refractivity contribution in [2.45, 2.75) is 51.9 Å². The summed E-state index contributed by atoms with van der Waals surface area (Å²) in [5, 5.41) is 2.53. The van der Waals surface area contributed by atoms with E-state index in [1.54, 1.807) is 0 Å². The molecule has 6 heteroatoms. The third-order valence-electron chi connectivity index (χ3n) is 3.90. The van der Waals surface area contributed by atoms with Gasteiger partial charge in [-0.15, -0.1) is 0 Å². The van der Waals surface area contributed by atoms with E-state index >= 15 is 0 Å². The predicted molar refractivity (Wildman–Crippen MR) is 111 cm³/mol. The highest BCUT2D eigenvalue weighted by molar-refractivity contribution is 6.73. The average Bonchev–Trinajstić information content (AvgIpc) is 2.58. The van der Waals surface area contributed by atoms with Gasteiger partial charge in [0.25, 0.3) is 0 Å². The first-order valence-electron chi connectivity index (χ1n) is 8.71. The van der Waals surface area contributed by atoms with E-state index in [4.69, 9.17) is 4.74 Å². The standard InChI is InChI=1S/C20H28O4Si2/c1-7-23-19(21)10-8-9-11-20(22)24-15(2)17-14-16(25(3)4)12-13-18(17)26(5)6/h7,12-14H,1-2,8-11H2,3-6H3. The minimum absolute atomic E-state index is 0.252. The maximum Gasteiger partial charge on any atom is 0.311 e. The van der Waals surface area contributed by atoms with Crippen LogP contribution < -0.4 is 10.4 Å². The second-order valence-electron chi connectivity index (χ2n) is 6.52. The van der Waals surface area contributed by atoms with Crippen molar-refractivity contribution in [1.29, 1.82) is 0 Å². The van der Waals surface area contributed by atoms with E-state index in [0.29, 0.717) is 18.6 Å². The molecule has 0 spiro atoms. The number of hydrogen-bond donors (Lipinski definition) is 0. The number of carbonyl (C=O) groups is 2. The zero-order valence-corrected chi connectivity index (χ0v) is 18.2. The van der Waals surface area contributed by atoms with Crippen LogP contribution in [0.5, 0.6) is 0 Å². The maximum absolute atomic E-state index is 12.1. The van der Waals surface area contributed by atoms with Crippen molar-refractivity contribution in [3.05, 3.63) is 43.2 Å². The molecule has 0 aliphatic rings. The number of ether oxygens (including phenoxy) is 2. The van der Waals surface area contributed by atoms with Crippen LogP contribution in [-0.2, 0) is 19.1 Å².